The summed E-state index contributed by atoms with van der Waals surface area (Å²) < 4.78 is 0. The van der Waals surface area contributed by atoms with Crippen molar-refractivity contribution in [2.24, 2.45) is 5.92 Å². The van der Waals surface area contributed by atoms with Crippen LogP contribution in [0.1, 0.15) is 250 Å². The van der Waals surface area contributed by atoms with Gasteiger partial charge in [0.25, 0.3) is 0 Å². The van der Waals surface area contributed by atoms with Gasteiger partial charge in [0.1, 0.15) is 0 Å². The molecule has 50 heavy (non-hydrogen) atoms. The van der Waals surface area contributed by atoms with E-state index in [9.17, 15) is 14.7 Å². The first-order valence-corrected chi connectivity index (χ1v) is 22.3. The number of rotatable bonds is 43. The average molecular weight is 703 g/mol. The number of carboxylic acids is 2. The van der Waals surface area contributed by atoms with E-state index in [1.807, 2.05) is 6.08 Å². The zero-order valence-corrected chi connectivity index (χ0v) is 33.3. The third-order valence-electron chi connectivity index (χ3n) is 10.7. The zero-order chi connectivity index (χ0) is 36.4. The van der Waals surface area contributed by atoms with Gasteiger partial charge in [-0.05, 0) is 38.5 Å². The Morgan fingerprint density at radius 2 is 0.620 bits per heavy atom. The van der Waals surface area contributed by atoms with Gasteiger partial charge in [0.2, 0.25) is 0 Å². The first-order valence-electron chi connectivity index (χ1n) is 22.3. The van der Waals surface area contributed by atoms with Crippen LogP contribution in [-0.2, 0) is 9.59 Å². The number of carboxylic acid groups (broad SMARTS) is 2. The summed E-state index contributed by atoms with van der Waals surface area (Å²) in [5.41, 5.74) is 0. The van der Waals surface area contributed by atoms with Crippen molar-refractivity contribution in [1.82, 2.24) is 0 Å². The van der Waals surface area contributed by atoms with Crippen LogP contribution in [0.3, 0.4) is 0 Å². The molecule has 1 atom stereocenters. The lowest BCUT2D eigenvalue weighted by Crippen LogP contribution is -2.13. The molecule has 4 heteroatoms. The summed E-state index contributed by atoms with van der Waals surface area (Å²) in [4.78, 5) is 22.2. The first kappa shape index (κ1) is 48.4. The Labute approximate surface area is 312 Å². The first-order chi connectivity index (χ1) is 24.6. The van der Waals surface area contributed by atoms with Crippen molar-refractivity contribution in [2.75, 3.05) is 0 Å². The molecule has 0 aromatic rings. The van der Waals surface area contributed by atoms with E-state index >= 15 is 0 Å². The second kappa shape index (κ2) is 41.8. The summed E-state index contributed by atoms with van der Waals surface area (Å²) in [6, 6.07) is 0. The number of carbonyl (C=O) groups is 2. The molecule has 0 heterocycles. The largest absolute Gasteiger partial charge is 0.481 e. The molecule has 0 saturated heterocycles. The molecule has 1 unspecified atom stereocenters. The fourth-order valence-corrected chi connectivity index (χ4v) is 7.39. The SMILES string of the molecule is C=CCCCCCCCCCCCCCCCCCCCC(CCCCCCCCCCCCCCCCCCCCC=CC(=O)O)C(=O)O. The fraction of sp³-hybridized carbons (Fsp3) is 0.870. The second-order valence-electron chi connectivity index (χ2n) is 15.6. The molecule has 0 bridgehead atoms. The van der Waals surface area contributed by atoms with Crippen molar-refractivity contribution in [3.8, 4) is 0 Å². The van der Waals surface area contributed by atoms with Gasteiger partial charge in [-0.1, -0.05) is 224 Å². The van der Waals surface area contributed by atoms with Crippen molar-refractivity contribution >= 4 is 11.9 Å². The van der Waals surface area contributed by atoms with Gasteiger partial charge in [-0.3, -0.25) is 4.79 Å². The van der Waals surface area contributed by atoms with Crippen LogP contribution >= 0.6 is 0 Å². The number of unbranched alkanes of at least 4 members (excludes halogenated alkanes) is 35. The van der Waals surface area contributed by atoms with Crippen LogP contribution in [-0.4, -0.2) is 22.2 Å². The van der Waals surface area contributed by atoms with Crippen LogP contribution in [0.15, 0.2) is 24.8 Å². The Morgan fingerprint density at radius 3 is 0.860 bits per heavy atom. The molecule has 0 aliphatic carbocycles. The van der Waals surface area contributed by atoms with E-state index < -0.39 is 11.9 Å². The Bertz CT molecular complexity index is 744. The molecule has 0 fully saturated rings. The highest BCUT2D eigenvalue weighted by Gasteiger charge is 2.16. The number of hydrogen-bond donors (Lipinski definition) is 2. The molecule has 0 spiro atoms. The molecule has 0 saturated carbocycles. The maximum Gasteiger partial charge on any atom is 0.327 e. The zero-order valence-electron chi connectivity index (χ0n) is 33.3. The van der Waals surface area contributed by atoms with E-state index in [0.29, 0.717) is 0 Å². The van der Waals surface area contributed by atoms with Gasteiger partial charge in [0.05, 0.1) is 5.92 Å². The van der Waals surface area contributed by atoms with Gasteiger partial charge in [0, 0.05) is 6.08 Å². The summed E-state index contributed by atoms with van der Waals surface area (Å²) >= 11 is 0. The van der Waals surface area contributed by atoms with Crippen LogP contribution in [0, 0.1) is 5.92 Å². The van der Waals surface area contributed by atoms with Gasteiger partial charge in [-0.25, -0.2) is 4.79 Å². The van der Waals surface area contributed by atoms with Gasteiger partial charge in [-0.2, -0.15) is 0 Å². The van der Waals surface area contributed by atoms with Crippen LogP contribution < -0.4 is 0 Å². The van der Waals surface area contributed by atoms with E-state index in [0.717, 1.165) is 38.5 Å². The Kier molecular flexibility index (Phi) is 40.5. The van der Waals surface area contributed by atoms with Gasteiger partial charge >= 0.3 is 11.9 Å². The number of hydrogen-bond acceptors (Lipinski definition) is 2. The lowest BCUT2D eigenvalue weighted by atomic mass is 9.94. The predicted molar refractivity (Wildman–Crippen MR) is 218 cm³/mol. The third-order valence-corrected chi connectivity index (χ3v) is 10.7. The van der Waals surface area contributed by atoms with Gasteiger partial charge in [-0.15, -0.1) is 6.58 Å². The molecule has 0 aromatic heterocycles. The van der Waals surface area contributed by atoms with Crippen LogP contribution in [0.2, 0.25) is 0 Å². The Morgan fingerprint density at radius 1 is 0.380 bits per heavy atom. The second-order valence-corrected chi connectivity index (χ2v) is 15.6. The minimum absolute atomic E-state index is 0.122. The monoisotopic (exact) mass is 703 g/mol. The molecular weight excluding hydrogens is 617 g/mol. The summed E-state index contributed by atoms with van der Waals surface area (Å²) in [6.07, 6.45) is 55.5. The number of aliphatic carboxylic acids is 2. The highest BCUT2D eigenvalue weighted by molar-refractivity contribution is 5.79. The molecule has 294 valence electrons. The van der Waals surface area contributed by atoms with Gasteiger partial charge < -0.3 is 10.2 Å². The molecular formula is C46H86O4. The molecule has 0 rings (SSSR count). The quantitative estimate of drug-likeness (QED) is 0.0377. The van der Waals surface area contributed by atoms with Gasteiger partial charge in [0.15, 0.2) is 0 Å². The lowest BCUT2D eigenvalue weighted by molar-refractivity contribution is -0.142. The normalized spacial score (nSPS) is 12.2. The molecule has 0 aliphatic heterocycles. The Hall–Kier alpha value is -1.58. The third kappa shape index (κ3) is 40.8. The van der Waals surface area contributed by atoms with Crippen LogP contribution in [0.4, 0.5) is 0 Å². The molecule has 4 nitrogen and oxygen atoms in total. The molecule has 2 N–H and O–H groups in total. The van der Waals surface area contributed by atoms with E-state index in [4.69, 9.17) is 5.11 Å². The Balaban J connectivity index is 3.35. The van der Waals surface area contributed by atoms with E-state index in [-0.39, 0.29) is 5.92 Å². The molecule has 0 amide bonds. The van der Waals surface area contributed by atoms with Crippen LogP contribution in [0.25, 0.3) is 0 Å². The van der Waals surface area contributed by atoms with Crippen molar-refractivity contribution < 1.29 is 19.8 Å². The van der Waals surface area contributed by atoms with Crippen molar-refractivity contribution in [2.45, 2.75) is 250 Å². The summed E-state index contributed by atoms with van der Waals surface area (Å²) in [7, 11) is 0. The predicted octanol–water partition coefficient (Wildman–Crippen LogP) is 15.7. The number of allylic oxidation sites excluding steroid dienone is 2. The van der Waals surface area contributed by atoms with E-state index in [2.05, 4.69) is 6.58 Å². The lowest BCUT2D eigenvalue weighted by Gasteiger charge is -2.12. The topological polar surface area (TPSA) is 74.6 Å². The van der Waals surface area contributed by atoms with Crippen molar-refractivity contribution in [3.05, 3.63) is 24.8 Å². The van der Waals surface area contributed by atoms with Crippen molar-refractivity contribution in [3.63, 3.8) is 0 Å². The summed E-state index contributed by atoms with van der Waals surface area (Å²) in [6.45, 7) is 3.80. The highest BCUT2D eigenvalue weighted by atomic mass is 16.4. The molecule has 0 aliphatic rings. The van der Waals surface area contributed by atoms with E-state index in [1.54, 1.807) is 6.08 Å². The van der Waals surface area contributed by atoms with Crippen LogP contribution in [0.5, 0.6) is 0 Å². The standard InChI is InChI=1S/C46H86O4/c1-2-3-4-5-6-7-8-9-10-11-14-17-20-23-26-29-32-35-38-41-44(46(49)50)42-39-36-33-30-27-24-21-18-15-12-13-16-19-22-25-28-31-34-37-40-43-45(47)48/h2,40,43-44H,1,3-39,41-42H2,(H,47,48)(H,49,50). The van der Waals surface area contributed by atoms with Crippen molar-refractivity contribution in [1.29, 1.82) is 0 Å². The summed E-state index contributed by atoms with van der Waals surface area (Å²) in [5.74, 6) is -1.53. The maximum atomic E-state index is 11.8. The fourth-order valence-electron chi connectivity index (χ4n) is 7.39. The molecule has 0 radical (unpaired) electrons. The van der Waals surface area contributed by atoms with E-state index in [1.165, 1.54) is 218 Å². The maximum absolute atomic E-state index is 11.8. The smallest absolute Gasteiger partial charge is 0.327 e. The average Bonchev–Trinajstić information content (AvgIpc) is 3.10. The molecule has 0 aromatic carbocycles. The minimum atomic E-state index is -0.842. The minimum Gasteiger partial charge on any atom is -0.481 e. The summed E-state index contributed by atoms with van der Waals surface area (Å²) in [5, 5.41) is 18.3. The highest BCUT2D eigenvalue weighted by Crippen LogP contribution is 2.21.